The molecule has 0 saturated carbocycles. The Labute approximate surface area is 145 Å². The minimum absolute atomic E-state index is 0.158. The maximum Gasteiger partial charge on any atom is 0.339 e. The average Bonchev–Trinajstić information content (AvgIpc) is 2.59. The van der Waals surface area contributed by atoms with Gasteiger partial charge in [-0.3, -0.25) is 4.90 Å². The Balaban J connectivity index is 2.47. The summed E-state index contributed by atoms with van der Waals surface area (Å²) in [4.78, 5) is 13.9. The highest BCUT2D eigenvalue weighted by atomic mass is 35.5. The van der Waals surface area contributed by atoms with Crippen LogP contribution in [0.25, 0.3) is 0 Å². The first kappa shape index (κ1) is 19.7. The molecule has 1 atom stereocenters. The van der Waals surface area contributed by atoms with Crippen LogP contribution in [-0.2, 0) is 0 Å². The van der Waals surface area contributed by atoms with Gasteiger partial charge in [0.15, 0.2) is 0 Å². The van der Waals surface area contributed by atoms with Crippen LogP contribution in [0, 0.1) is 5.92 Å². The van der Waals surface area contributed by atoms with Gasteiger partial charge in [-0.15, -0.1) is 0 Å². The van der Waals surface area contributed by atoms with E-state index in [9.17, 15) is 4.79 Å². The molecule has 0 bridgehead atoms. The summed E-state index contributed by atoms with van der Waals surface area (Å²) in [6, 6.07) is -0.158. The maximum atomic E-state index is 12.2. The topological polar surface area (TPSA) is 23.6 Å². The predicted molar refractivity (Wildman–Crippen MR) is 98.2 cm³/mol. The molecule has 22 heavy (non-hydrogen) atoms. The molecule has 0 radical (unpaired) electrons. The second-order valence-electron chi connectivity index (χ2n) is 7.38. The zero-order valence-corrected chi connectivity index (χ0v) is 16.5. The lowest BCUT2D eigenvalue weighted by Crippen LogP contribution is -2.33. The molecule has 0 aromatic rings. The lowest BCUT2D eigenvalue weighted by molar-refractivity contribution is 0.208. The van der Waals surface area contributed by atoms with Crippen molar-refractivity contribution in [3.63, 3.8) is 0 Å². The van der Waals surface area contributed by atoms with Crippen LogP contribution in [0.2, 0.25) is 0 Å². The van der Waals surface area contributed by atoms with Crippen molar-refractivity contribution in [3.05, 3.63) is 12.3 Å². The number of carbonyl (C=O) groups is 1. The third-order valence-corrected chi connectivity index (χ3v) is 6.60. The minimum atomic E-state index is -0.505. The van der Waals surface area contributed by atoms with E-state index in [2.05, 4.69) is 34.3 Å². The summed E-state index contributed by atoms with van der Waals surface area (Å²) in [5.74, 6) is 1.68. The van der Waals surface area contributed by atoms with Crippen LogP contribution in [-0.4, -0.2) is 37.9 Å². The standard InChI is InChI=1S/C17H31ClN2OS/c1-8-13(2)9-10-16(4,5)22-12-11-19-14(3)17(6,7)20(18)15(19)21/h13H,3,8-12H2,1-2,4-7H3. The minimum Gasteiger partial charge on any atom is -0.294 e. The lowest BCUT2D eigenvalue weighted by atomic mass is 9.97. The Kier molecular flexibility index (Phi) is 6.70. The monoisotopic (exact) mass is 346 g/mol. The van der Waals surface area contributed by atoms with Gasteiger partial charge in [0.2, 0.25) is 0 Å². The van der Waals surface area contributed by atoms with Gasteiger partial charge in [0.25, 0.3) is 0 Å². The molecule has 1 fully saturated rings. The lowest BCUT2D eigenvalue weighted by Gasteiger charge is -2.27. The number of thioether (sulfide) groups is 1. The second-order valence-corrected chi connectivity index (χ2v) is 9.52. The molecule has 1 aliphatic rings. The van der Waals surface area contributed by atoms with Crippen molar-refractivity contribution >= 4 is 29.6 Å². The molecule has 2 amide bonds. The molecular formula is C17H31ClN2OS. The number of nitrogens with zero attached hydrogens (tertiary/aromatic N) is 2. The van der Waals surface area contributed by atoms with Crippen LogP contribution in [0.5, 0.6) is 0 Å². The van der Waals surface area contributed by atoms with Gasteiger partial charge in [0, 0.05) is 34.5 Å². The van der Waals surface area contributed by atoms with Crippen LogP contribution in [0.1, 0.15) is 60.8 Å². The van der Waals surface area contributed by atoms with Crippen molar-refractivity contribution in [1.29, 1.82) is 0 Å². The fraction of sp³-hybridized carbons (Fsp3) is 0.824. The summed E-state index contributed by atoms with van der Waals surface area (Å²) in [5, 5.41) is 0. The first-order chi connectivity index (χ1) is 10.0. The van der Waals surface area contributed by atoms with Gasteiger partial charge in [-0.2, -0.15) is 11.8 Å². The molecule has 0 aromatic carbocycles. The molecule has 0 aliphatic carbocycles. The van der Waals surface area contributed by atoms with E-state index in [0.29, 0.717) is 6.54 Å². The van der Waals surface area contributed by atoms with Crippen molar-refractivity contribution in [2.45, 2.75) is 71.1 Å². The summed E-state index contributed by atoms with van der Waals surface area (Å²) < 4.78 is 1.50. The summed E-state index contributed by atoms with van der Waals surface area (Å²) in [6.45, 7) is 17.7. The molecule has 0 spiro atoms. The average molecular weight is 347 g/mol. The normalized spacial score (nSPS) is 20.0. The Morgan fingerprint density at radius 3 is 2.45 bits per heavy atom. The van der Waals surface area contributed by atoms with Crippen molar-refractivity contribution in [1.82, 2.24) is 9.32 Å². The quantitative estimate of drug-likeness (QED) is 0.541. The van der Waals surface area contributed by atoms with Gasteiger partial charge < -0.3 is 0 Å². The Bertz CT molecular complexity index is 423. The molecule has 1 unspecified atom stereocenters. The Hall–Kier alpha value is -0.350. The summed E-state index contributed by atoms with van der Waals surface area (Å²) in [6.07, 6.45) is 3.70. The van der Waals surface area contributed by atoms with E-state index >= 15 is 0 Å². The molecule has 1 heterocycles. The van der Waals surface area contributed by atoms with Crippen LogP contribution in [0.3, 0.4) is 0 Å². The van der Waals surface area contributed by atoms with E-state index in [4.69, 9.17) is 11.8 Å². The van der Waals surface area contributed by atoms with E-state index < -0.39 is 5.54 Å². The van der Waals surface area contributed by atoms with E-state index in [1.807, 2.05) is 25.6 Å². The molecule has 5 heteroatoms. The largest absolute Gasteiger partial charge is 0.339 e. The number of rotatable bonds is 8. The zero-order valence-electron chi connectivity index (χ0n) is 14.9. The van der Waals surface area contributed by atoms with Crippen LogP contribution in [0.15, 0.2) is 12.3 Å². The molecule has 3 nitrogen and oxygen atoms in total. The van der Waals surface area contributed by atoms with Crippen molar-refractivity contribution in [3.8, 4) is 0 Å². The van der Waals surface area contributed by atoms with Crippen molar-refractivity contribution < 1.29 is 4.79 Å². The van der Waals surface area contributed by atoms with E-state index in [0.717, 1.165) is 17.4 Å². The number of hydrogen-bond donors (Lipinski definition) is 0. The van der Waals surface area contributed by atoms with Crippen molar-refractivity contribution in [2.75, 3.05) is 12.3 Å². The number of hydrogen-bond acceptors (Lipinski definition) is 2. The molecular weight excluding hydrogens is 316 g/mol. The SMILES string of the molecule is C=C1N(CCSC(C)(C)CCC(C)CC)C(=O)N(Cl)C1(C)C. The van der Waals surface area contributed by atoms with Gasteiger partial charge in [0.05, 0.1) is 5.54 Å². The molecule has 0 N–H and O–H groups in total. The Morgan fingerprint density at radius 1 is 1.41 bits per heavy atom. The third kappa shape index (κ3) is 4.58. The smallest absolute Gasteiger partial charge is 0.294 e. The van der Waals surface area contributed by atoms with Gasteiger partial charge in [-0.25, -0.2) is 9.21 Å². The number of carbonyl (C=O) groups excluding carboxylic acids is 1. The molecule has 128 valence electrons. The van der Waals surface area contributed by atoms with E-state index in [-0.39, 0.29) is 10.8 Å². The van der Waals surface area contributed by atoms with Crippen LogP contribution >= 0.6 is 23.5 Å². The van der Waals surface area contributed by atoms with Crippen LogP contribution in [0.4, 0.5) is 4.79 Å². The van der Waals surface area contributed by atoms with E-state index in [1.165, 1.54) is 23.7 Å². The fourth-order valence-corrected chi connectivity index (χ4v) is 3.70. The number of urea groups is 1. The van der Waals surface area contributed by atoms with Gasteiger partial charge in [-0.1, -0.05) is 40.7 Å². The molecule has 1 saturated heterocycles. The summed E-state index contributed by atoms with van der Waals surface area (Å²) >= 11 is 8.01. The number of halogens is 1. The van der Waals surface area contributed by atoms with Gasteiger partial charge in [-0.05, 0) is 32.6 Å². The maximum absolute atomic E-state index is 12.2. The van der Waals surface area contributed by atoms with Crippen molar-refractivity contribution in [2.24, 2.45) is 5.92 Å². The third-order valence-electron chi connectivity index (χ3n) is 4.67. The zero-order chi connectivity index (χ0) is 17.1. The summed E-state index contributed by atoms with van der Waals surface area (Å²) in [7, 11) is 0. The van der Waals surface area contributed by atoms with Gasteiger partial charge in [0.1, 0.15) is 0 Å². The molecule has 1 rings (SSSR count). The molecule has 1 aliphatic heterocycles. The highest BCUT2D eigenvalue weighted by molar-refractivity contribution is 8.00. The fourth-order valence-electron chi connectivity index (χ4n) is 2.42. The molecule has 0 aromatic heterocycles. The first-order valence-corrected chi connectivity index (χ1v) is 9.46. The second kappa shape index (κ2) is 7.48. The summed E-state index contributed by atoms with van der Waals surface area (Å²) in [5.41, 5.74) is 0.278. The predicted octanol–water partition coefficient (Wildman–Crippen LogP) is 5.51. The highest BCUT2D eigenvalue weighted by Gasteiger charge is 2.46. The Morgan fingerprint density at radius 2 is 2.00 bits per heavy atom. The van der Waals surface area contributed by atoms with Gasteiger partial charge >= 0.3 is 6.03 Å². The van der Waals surface area contributed by atoms with Crippen LogP contribution < -0.4 is 0 Å². The van der Waals surface area contributed by atoms with E-state index in [1.54, 1.807) is 4.90 Å². The highest BCUT2D eigenvalue weighted by Crippen LogP contribution is 2.37. The first-order valence-electron chi connectivity index (χ1n) is 8.13. The number of amides is 2.